The van der Waals surface area contributed by atoms with Gasteiger partial charge in [-0.2, -0.15) is 0 Å². The van der Waals surface area contributed by atoms with E-state index in [0.717, 1.165) is 5.56 Å². The number of Topliss-reactive ketones (excluding diaryl/α,β-unsaturated/α-hetero) is 1. The summed E-state index contributed by atoms with van der Waals surface area (Å²) in [4.78, 5) is 40.0. The van der Waals surface area contributed by atoms with Gasteiger partial charge in [0.2, 0.25) is 0 Å². The summed E-state index contributed by atoms with van der Waals surface area (Å²) in [5, 5.41) is 8.83. The molecule has 3 rings (SSSR count). The van der Waals surface area contributed by atoms with Gasteiger partial charge >= 0.3 is 5.97 Å². The number of ketones is 1. The second-order valence-electron chi connectivity index (χ2n) is 8.04. The summed E-state index contributed by atoms with van der Waals surface area (Å²) in [6, 6.07) is 11.2. The van der Waals surface area contributed by atoms with Gasteiger partial charge in [0.1, 0.15) is 11.6 Å². The molecule has 1 saturated heterocycles. The summed E-state index contributed by atoms with van der Waals surface area (Å²) in [7, 11) is 0. The molecule has 1 aliphatic rings. The highest BCUT2D eigenvalue weighted by Crippen LogP contribution is 2.25. The van der Waals surface area contributed by atoms with Crippen molar-refractivity contribution in [1.29, 1.82) is 0 Å². The van der Waals surface area contributed by atoms with Crippen LogP contribution in [0, 0.1) is 5.82 Å². The maximum absolute atomic E-state index is 13.1. The SMILES string of the molecule is CC1CN(Cc2ccc(F)cc2)CCN1C(=O)COc1ccc(Br)cc1C(=O)CCC(=O)O. The summed E-state index contributed by atoms with van der Waals surface area (Å²) in [6.45, 7) is 4.34. The molecule has 7 nitrogen and oxygen atoms in total. The van der Waals surface area contributed by atoms with E-state index in [1.807, 2.05) is 6.92 Å². The third-order valence-corrected chi connectivity index (χ3v) is 6.00. The smallest absolute Gasteiger partial charge is 0.303 e. The molecule has 1 aliphatic heterocycles. The highest BCUT2D eigenvalue weighted by molar-refractivity contribution is 9.10. The summed E-state index contributed by atoms with van der Waals surface area (Å²) in [5.41, 5.74) is 1.26. The Morgan fingerprint density at radius 3 is 2.52 bits per heavy atom. The number of halogens is 2. The molecule has 1 amide bonds. The average Bonchev–Trinajstić information content (AvgIpc) is 2.78. The molecule has 0 radical (unpaired) electrons. The molecule has 1 fully saturated rings. The number of amides is 1. The van der Waals surface area contributed by atoms with Gasteiger partial charge in [-0.1, -0.05) is 28.1 Å². The van der Waals surface area contributed by atoms with Gasteiger partial charge in [-0.3, -0.25) is 19.3 Å². The van der Waals surface area contributed by atoms with Crippen LogP contribution in [0.3, 0.4) is 0 Å². The Bertz CT molecular complexity index is 1010. The first-order valence-electron chi connectivity index (χ1n) is 10.7. The number of nitrogens with zero attached hydrogens (tertiary/aromatic N) is 2. The topological polar surface area (TPSA) is 87.2 Å². The minimum atomic E-state index is -1.05. The summed E-state index contributed by atoms with van der Waals surface area (Å²) >= 11 is 3.31. The first-order valence-corrected chi connectivity index (χ1v) is 11.5. The molecule has 176 valence electrons. The number of carboxylic acid groups (broad SMARTS) is 1. The molecule has 33 heavy (non-hydrogen) atoms. The van der Waals surface area contributed by atoms with Gasteiger partial charge in [-0.05, 0) is 42.8 Å². The van der Waals surface area contributed by atoms with Crippen molar-refractivity contribution in [3.63, 3.8) is 0 Å². The van der Waals surface area contributed by atoms with Crippen LogP contribution >= 0.6 is 15.9 Å². The number of carbonyl (C=O) groups is 3. The predicted molar refractivity (Wildman–Crippen MR) is 124 cm³/mol. The van der Waals surface area contributed by atoms with Gasteiger partial charge in [0, 0.05) is 43.1 Å². The maximum atomic E-state index is 13.1. The second kappa shape index (κ2) is 11.4. The Morgan fingerprint density at radius 2 is 1.85 bits per heavy atom. The Morgan fingerprint density at radius 1 is 1.12 bits per heavy atom. The summed E-state index contributed by atoms with van der Waals surface area (Å²) in [5.74, 6) is -1.60. The fourth-order valence-electron chi connectivity index (χ4n) is 3.82. The molecule has 1 unspecified atom stereocenters. The van der Waals surface area contributed by atoms with E-state index in [9.17, 15) is 18.8 Å². The fourth-order valence-corrected chi connectivity index (χ4v) is 4.18. The number of benzene rings is 2. The predicted octanol–water partition coefficient (Wildman–Crippen LogP) is 3.75. The number of hydrogen-bond acceptors (Lipinski definition) is 5. The van der Waals surface area contributed by atoms with Crippen LogP contribution in [-0.4, -0.2) is 64.8 Å². The first kappa shape index (κ1) is 24.9. The van der Waals surface area contributed by atoms with Gasteiger partial charge in [-0.25, -0.2) is 4.39 Å². The molecule has 1 N–H and O–H groups in total. The maximum Gasteiger partial charge on any atom is 0.303 e. The van der Waals surface area contributed by atoms with Gasteiger partial charge in [0.05, 0.1) is 12.0 Å². The van der Waals surface area contributed by atoms with Crippen LogP contribution in [0.15, 0.2) is 46.9 Å². The van der Waals surface area contributed by atoms with Gasteiger partial charge in [-0.15, -0.1) is 0 Å². The monoisotopic (exact) mass is 520 g/mol. The number of piperazine rings is 1. The summed E-state index contributed by atoms with van der Waals surface area (Å²) in [6.07, 6.45) is -0.424. The zero-order valence-electron chi connectivity index (χ0n) is 18.3. The highest BCUT2D eigenvalue weighted by atomic mass is 79.9. The van der Waals surface area contributed by atoms with Crippen molar-refractivity contribution in [2.45, 2.75) is 32.4 Å². The minimum absolute atomic E-state index is 0.0307. The van der Waals surface area contributed by atoms with E-state index >= 15 is 0 Å². The lowest BCUT2D eigenvalue weighted by Gasteiger charge is -2.39. The number of hydrogen-bond donors (Lipinski definition) is 1. The van der Waals surface area contributed by atoms with Crippen molar-refractivity contribution < 1.29 is 28.6 Å². The molecular formula is C24H26BrFN2O5. The standard InChI is InChI=1S/C24H26BrFN2O5/c1-16-13-27(14-17-2-5-19(26)6-3-17)10-11-28(16)23(30)15-33-22-8-4-18(25)12-20(22)21(29)7-9-24(31)32/h2-6,8,12,16H,7,9-11,13-15H2,1H3,(H,31,32). The summed E-state index contributed by atoms with van der Waals surface area (Å²) < 4.78 is 19.5. The molecule has 0 bridgehead atoms. The molecule has 0 spiro atoms. The van der Waals surface area contributed by atoms with Crippen molar-refractivity contribution >= 4 is 33.6 Å². The van der Waals surface area contributed by atoms with Gasteiger partial charge < -0.3 is 14.7 Å². The zero-order valence-corrected chi connectivity index (χ0v) is 19.9. The van der Waals surface area contributed by atoms with Crippen LogP contribution in [0.5, 0.6) is 5.75 Å². The lowest BCUT2D eigenvalue weighted by molar-refractivity contribution is -0.138. The van der Waals surface area contributed by atoms with E-state index < -0.39 is 5.97 Å². The number of carbonyl (C=O) groups excluding carboxylic acids is 2. The fraction of sp³-hybridized carbons (Fsp3) is 0.375. The molecule has 0 aromatic heterocycles. The molecule has 2 aromatic rings. The van der Waals surface area contributed by atoms with E-state index in [1.165, 1.54) is 12.1 Å². The van der Waals surface area contributed by atoms with Crippen LogP contribution in [0.2, 0.25) is 0 Å². The van der Waals surface area contributed by atoms with Crippen LogP contribution in [0.4, 0.5) is 4.39 Å². The van der Waals surface area contributed by atoms with E-state index in [-0.39, 0.29) is 54.3 Å². The zero-order chi connectivity index (χ0) is 24.0. The van der Waals surface area contributed by atoms with E-state index in [2.05, 4.69) is 20.8 Å². The van der Waals surface area contributed by atoms with E-state index in [1.54, 1.807) is 35.2 Å². The Balaban J connectivity index is 1.56. The molecule has 0 aliphatic carbocycles. The third-order valence-electron chi connectivity index (χ3n) is 5.51. The molecule has 1 heterocycles. The molecule has 0 saturated carbocycles. The van der Waals surface area contributed by atoms with Gasteiger partial charge in [0.15, 0.2) is 12.4 Å². The number of rotatable bonds is 9. The Hall–Kier alpha value is -2.78. The van der Waals surface area contributed by atoms with E-state index in [4.69, 9.17) is 9.84 Å². The highest BCUT2D eigenvalue weighted by Gasteiger charge is 2.28. The van der Waals surface area contributed by atoms with Crippen molar-refractivity contribution in [1.82, 2.24) is 9.80 Å². The Labute approximate surface area is 200 Å². The van der Waals surface area contributed by atoms with Gasteiger partial charge in [0.25, 0.3) is 5.91 Å². The van der Waals surface area contributed by atoms with Crippen LogP contribution in [0.25, 0.3) is 0 Å². The average molecular weight is 521 g/mol. The number of carboxylic acids is 1. The number of ether oxygens (including phenoxy) is 1. The van der Waals surface area contributed by atoms with Crippen molar-refractivity contribution in [3.05, 3.63) is 63.9 Å². The lowest BCUT2D eigenvalue weighted by atomic mass is 10.1. The first-order chi connectivity index (χ1) is 15.7. The molecule has 2 aromatic carbocycles. The van der Waals surface area contributed by atoms with Crippen LogP contribution in [-0.2, 0) is 16.1 Å². The van der Waals surface area contributed by atoms with Crippen LogP contribution in [0.1, 0.15) is 35.7 Å². The quantitative estimate of drug-likeness (QED) is 0.506. The van der Waals surface area contributed by atoms with Crippen molar-refractivity contribution in [2.75, 3.05) is 26.2 Å². The van der Waals surface area contributed by atoms with Crippen molar-refractivity contribution in [2.24, 2.45) is 0 Å². The largest absolute Gasteiger partial charge is 0.483 e. The van der Waals surface area contributed by atoms with E-state index in [0.29, 0.717) is 30.7 Å². The van der Waals surface area contributed by atoms with Crippen molar-refractivity contribution in [3.8, 4) is 5.75 Å². The number of aliphatic carboxylic acids is 1. The van der Waals surface area contributed by atoms with Crippen LogP contribution < -0.4 is 4.74 Å². The minimum Gasteiger partial charge on any atom is -0.483 e. The normalized spacial score (nSPS) is 16.5. The Kier molecular flexibility index (Phi) is 8.57. The molecule has 1 atom stereocenters. The second-order valence-corrected chi connectivity index (χ2v) is 8.96. The molecular weight excluding hydrogens is 495 g/mol. The molecule has 9 heteroatoms. The third kappa shape index (κ3) is 7.10. The lowest BCUT2D eigenvalue weighted by Crippen LogP contribution is -2.54.